The van der Waals surface area contributed by atoms with E-state index in [4.69, 9.17) is 27.9 Å². The molecule has 0 aliphatic heterocycles. The van der Waals surface area contributed by atoms with Crippen LogP contribution in [0.15, 0.2) is 22.7 Å². The standard InChI is InChI=1S/C12H10BrCl2FO4/c13-8-5-7(16)1-2-9(8)20-12(18)4-3-11(17)19-6-10(14)15/h1-2,5,10H,3-4,6H2. The number of alkyl halides is 2. The molecule has 0 radical (unpaired) electrons. The minimum absolute atomic E-state index is 0.138. The van der Waals surface area contributed by atoms with Crippen LogP contribution in [0.2, 0.25) is 0 Å². The molecule has 0 bridgehead atoms. The molecule has 0 spiro atoms. The van der Waals surface area contributed by atoms with Crippen LogP contribution < -0.4 is 4.74 Å². The number of ether oxygens (including phenoxy) is 2. The lowest BCUT2D eigenvalue weighted by atomic mass is 10.3. The maximum absolute atomic E-state index is 12.8. The van der Waals surface area contributed by atoms with Crippen molar-refractivity contribution in [1.29, 1.82) is 0 Å². The van der Waals surface area contributed by atoms with E-state index in [1.165, 1.54) is 6.07 Å². The predicted molar refractivity (Wildman–Crippen MR) is 75.4 cm³/mol. The molecule has 0 fully saturated rings. The summed E-state index contributed by atoms with van der Waals surface area (Å²) in [4.78, 5) is 21.9. The Morgan fingerprint density at radius 3 is 2.50 bits per heavy atom. The highest BCUT2D eigenvalue weighted by Crippen LogP contribution is 2.25. The van der Waals surface area contributed by atoms with Gasteiger partial charge in [0.15, 0.2) is 0 Å². The van der Waals surface area contributed by atoms with Crippen molar-refractivity contribution in [2.75, 3.05) is 6.61 Å². The zero-order valence-corrected chi connectivity index (χ0v) is 13.2. The lowest BCUT2D eigenvalue weighted by Crippen LogP contribution is -2.14. The number of hydrogen-bond acceptors (Lipinski definition) is 4. The first-order valence-corrected chi connectivity index (χ1v) is 7.14. The van der Waals surface area contributed by atoms with Crippen molar-refractivity contribution in [3.05, 3.63) is 28.5 Å². The summed E-state index contributed by atoms with van der Waals surface area (Å²) >= 11 is 13.8. The van der Waals surface area contributed by atoms with Gasteiger partial charge in [-0.2, -0.15) is 0 Å². The second kappa shape index (κ2) is 8.44. The van der Waals surface area contributed by atoms with E-state index in [0.29, 0.717) is 4.47 Å². The number of carbonyl (C=O) groups excluding carboxylic acids is 2. The molecule has 1 aromatic carbocycles. The first-order chi connectivity index (χ1) is 9.38. The Morgan fingerprint density at radius 2 is 1.90 bits per heavy atom. The normalized spacial score (nSPS) is 10.4. The first-order valence-electron chi connectivity index (χ1n) is 5.48. The van der Waals surface area contributed by atoms with Gasteiger partial charge in [0, 0.05) is 0 Å². The zero-order chi connectivity index (χ0) is 15.1. The maximum Gasteiger partial charge on any atom is 0.311 e. The number of halogens is 4. The third-order valence-corrected chi connectivity index (χ3v) is 2.89. The second-order valence-corrected chi connectivity index (χ2v) is 5.75. The Kier molecular flexibility index (Phi) is 7.26. The van der Waals surface area contributed by atoms with Gasteiger partial charge in [-0.05, 0) is 34.1 Å². The number of carbonyl (C=O) groups is 2. The Morgan fingerprint density at radius 1 is 1.25 bits per heavy atom. The summed E-state index contributed by atoms with van der Waals surface area (Å²) in [6.45, 7) is -0.138. The van der Waals surface area contributed by atoms with Crippen LogP contribution in [-0.2, 0) is 14.3 Å². The van der Waals surface area contributed by atoms with Gasteiger partial charge in [-0.1, -0.05) is 0 Å². The van der Waals surface area contributed by atoms with Crippen LogP contribution >= 0.6 is 39.1 Å². The van der Waals surface area contributed by atoms with Gasteiger partial charge in [0.1, 0.15) is 23.0 Å². The van der Waals surface area contributed by atoms with Crippen LogP contribution in [0.3, 0.4) is 0 Å². The van der Waals surface area contributed by atoms with E-state index in [-0.39, 0.29) is 25.2 Å². The first kappa shape index (κ1) is 17.2. The molecule has 0 aliphatic carbocycles. The monoisotopic (exact) mass is 386 g/mol. The summed E-state index contributed by atoms with van der Waals surface area (Å²) in [5.74, 6) is -1.53. The molecule has 0 aromatic heterocycles. The van der Waals surface area contributed by atoms with Crippen molar-refractivity contribution < 1.29 is 23.5 Å². The van der Waals surface area contributed by atoms with Crippen LogP contribution in [0.5, 0.6) is 5.75 Å². The van der Waals surface area contributed by atoms with Gasteiger partial charge in [0.2, 0.25) is 0 Å². The Labute approximate surface area is 133 Å². The average molecular weight is 388 g/mol. The van der Waals surface area contributed by atoms with E-state index in [1.54, 1.807) is 0 Å². The number of rotatable bonds is 6. The summed E-state index contributed by atoms with van der Waals surface area (Å²) in [7, 11) is 0. The summed E-state index contributed by atoms with van der Waals surface area (Å²) in [5.41, 5.74) is 0. The van der Waals surface area contributed by atoms with Crippen molar-refractivity contribution in [1.82, 2.24) is 0 Å². The molecule has 0 atom stereocenters. The number of hydrogen-bond donors (Lipinski definition) is 0. The van der Waals surface area contributed by atoms with Gasteiger partial charge in [0.05, 0.1) is 17.3 Å². The lowest BCUT2D eigenvalue weighted by molar-refractivity contribution is -0.146. The molecule has 0 N–H and O–H groups in total. The van der Waals surface area contributed by atoms with Crippen LogP contribution in [0.4, 0.5) is 4.39 Å². The van der Waals surface area contributed by atoms with Crippen molar-refractivity contribution >= 4 is 51.1 Å². The van der Waals surface area contributed by atoms with Crippen LogP contribution in [0.25, 0.3) is 0 Å². The predicted octanol–water partition coefficient (Wildman–Crippen LogP) is 3.62. The van der Waals surface area contributed by atoms with Crippen LogP contribution in [0, 0.1) is 5.82 Å². The molecule has 0 saturated heterocycles. The minimum atomic E-state index is -0.805. The molecule has 8 heteroatoms. The van der Waals surface area contributed by atoms with Crippen molar-refractivity contribution in [3.8, 4) is 5.75 Å². The van der Waals surface area contributed by atoms with Gasteiger partial charge in [-0.3, -0.25) is 9.59 Å². The van der Waals surface area contributed by atoms with E-state index in [1.807, 2.05) is 0 Å². The Balaban J connectivity index is 2.38. The molecule has 0 heterocycles. The molecule has 0 aliphatic rings. The fourth-order valence-corrected chi connectivity index (χ4v) is 1.72. The summed E-state index contributed by atoms with van der Waals surface area (Å²) in [6, 6.07) is 3.63. The SMILES string of the molecule is O=C(CCC(=O)Oc1ccc(F)cc1Br)OCC(Cl)Cl. The van der Waals surface area contributed by atoms with Gasteiger partial charge >= 0.3 is 11.9 Å². The van der Waals surface area contributed by atoms with Gasteiger partial charge in [-0.15, -0.1) is 23.2 Å². The molecule has 20 heavy (non-hydrogen) atoms. The quantitative estimate of drug-likeness (QED) is 0.425. The molecule has 0 unspecified atom stereocenters. The maximum atomic E-state index is 12.8. The van der Waals surface area contributed by atoms with Crippen LogP contribution in [0.1, 0.15) is 12.8 Å². The van der Waals surface area contributed by atoms with Gasteiger partial charge < -0.3 is 9.47 Å². The molecule has 1 rings (SSSR count). The van der Waals surface area contributed by atoms with E-state index in [9.17, 15) is 14.0 Å². The van der Waals surface area contributed by atoms with Gasteiger partial charge in [0.25, 0.3) is 0 Å². The minimum Gasteiger partial charge on any atom is -0.463 e. The third kappa shape index (κ3) is 6.54. The van der Waals surface area contributed by atoms with E-state index >= 15 is 0 Å². The zero-order valence-electron chi connectivity index (χ0n) is 10.1. The van der Waals surface area contributed by atoms with E-state index in [2.05, 4.69) is 20.7 Å². The average Bonchev–Trinajstić information content (AvgIpc) is 2.37. The van der Waals surface area contributed by atoms with Crippen molar-refractivity contribution in [2.24, 2.45) is 0 Å². The number of esters is 2. The fraction of sp³-hybridized carbons (Fsp3) is 0.333. The molecular formula is C12H10BrCl2FO4. The van der Waals surface area contributed by atoms with E-state index < -0.39 is 22.6 Å². The molecule has 4 nitrogen and oxygen atoms in total. The van der Waals surface area contributed by atoms with Crippen molar-refractivity contribution in [2.45, 2.75) is 17.7 Å². The fourth-order valence-electron chi connectivity index (χ4n) is 1.16. The molecule has 1 aromatic rings. The summed E-state index contributed by atoms with van der Waals surface area (Å²) < 4.78 is 22.8. The largest absolute Gasteiger partial charge is 0.463 e. The highest BCUT2D eigenvalue weighted by molar-refractivity contribution is 9.10. The Hall–Kier alpha value is -0.850. The van der Waals surface area contributed by atoms with Crippen LogP contribution in [-0.4, -0.2) is 23.4 Å². The van der Waals surface area contributed by atoms with E-state index in [0.717, 1.165) is 12.1 Å². The molecular weight excluding hydrogens is 378 g/mol. The third-order valence-electron chi connectivity index (χ3n) is 2.02. The number of benzene rings is 1. The second-order valence-electron chi connectivity index (χ2n) is 3.62. The summed E-state index contributed by atoms with van der Waals surface area (Å²) in [6.07, 6.45) is -0.323. The van der Waals surface area contributed by atoms with Gasteiger partial charge in [-0.25, -0.2) is 4.39 Å². The molecule has 0 saturated carbocycles. The molecule has 0 amide bonds. The molecule has 110 valence electrons. The van der Waals surface area contributed by atoms with Crippen molar-refractivity contribution in [3.63, 3.8) is 0 Å². The highest BCUT2D eigenvalue weighted by Gasteiger charge is 2.13. The topological polar surface area (TPSA) is 52.6 Å². The summed E-state index contributed by atoms with van der Waals surface area (Å²) in [5, 5.41) is 0. The lowest BCUT2D eigenvalue weighted by Gasteiger charge is -2.07. The smallest absolute Gasteiger partial charge is 0.311 e. The Bertz CT molecular complexity index is 496. The highest BCUT2D eigenvalue weighted by atomic mass is 79.9.